The van der Waals surface area contributed by atoms with Gasteiger partial charge in [0.2, 0.25) is 0 Å². The summed E-state index contributed by atoms with van der Waals surface area (Å²) in [4.78, 5) is 4.53. The van der Waals surface area contributed by atoms with Gasteiger partial charge in [-0.2, -0.15) is 11.8 Å². The second-order valence-electron chi connectivity index (χ2n) is 5.57. The summed E-state index contributed by atoms with van der Waals surface area (Å²) in [5.41, 5.74) is 0.817. The van der Waals surface area contributed by atoms with Crippen LogP contribution in [0.1, 0.15) is 31.4 Å². The van der Waals surface area contributed by atoms with Crippen LogP contribution in [0.15, 0.2) is 29.3 Å². The van der Waals surface area contributed by atoms with Gasteiger partial charge in [-0.05, 0) is 43.2 Å². The number of aliphatic imine (C=N–C) groups is 1. The summed E-state index contributed by atoms with van der Waals surface area (Å²) in [6, 6.07) is 7.94. The van der Waals surface area contributed by atoms with Crippen molar-refractivity contribution >= 4 is 41.7 Å². The summed E-state index contributed by atoms with van der Waals surface area (Å²) >= 11 is 1.98. The zero-order chi connectivity index (χ0) is 16.5. The van der Waals surface area contributed by atoms with E-state index < -0.39 is 6.10 Å². The normalized spacial score (nSPS) is 19.1. The van der Waals surface area contributed by atoms with Gasteiger partial charge >= 0.3 is 0 Å². The van der Waals surface area contributed by atoms with Crippen molar-refractivity contribution in [3.8, 4) is 5.75 Å². The van der Waals surface area contributed by atoms with Gasteiger partial charge in [-0.25, -0.2) is 0 Å². The molecule has 0 saturated carbocycles. The molecule has 5 nitrogen and oxygen atoms in total. The van der Waals surface area contributed by atoms with Crippen LogP contribution in [-0.4, -0.2) is 48.8 Å². The first-order chi connectivity index (χ1) is 11.2. The first-order valence-corrected chi connectivity index (χ1v) is 9.33. The number of ether oxygens (including phenoxy) is 1. The van der Waals surface area contributed by atoms with Crippen LogP contribution in [0.5, 0.6) is 5.75 Å². The first-order valence-electron chi connectivity index (χ1n) is 8.17. The van der Waals surface area contributed by atoms with Crippen LogP contribution < -0.4 is 15.4 Å². The number of hydrogen-bond acceptors (Lipinski definition) is 4. The summed E-state index contributed by atoms with van der Waals surface area (Å²) in [6.07, 6.45) is 1.78. The summed E-state index contributed by atoms with van der Waals surface area (Å²) in [5, 5.41) is 17.1. The number of nitrogens with one attached hydrogen (secondary N) is 2. The van der Waals surface area contributed by atoms with E-state index in [0.717, 1.165) is 29.6 Å². The summed E-state index contributed by atoms with van der Waals surface area (Å²) in [7, 11) is 1.62. The number of hydrogen-bond donors (Lipinski definition) is 3. The first kappa shape index (κ1) is 21.4. The standard InChI is InChI=1S/C17H27N3O2S.HI/c1-3-18-17(20-14-7-5-9-23-12-14)19-11-16(21)13-6-4-8-15(10-13)22-2;/h4,6,8,10,14,16,21H,3,5,7,9,11-12H2,1-2H3,(H2,18,19,20);1H. The van der Waals surface area contributed by atoms with E-state index in [-0.39, 0.29) is 24.0 Å². The average Bonchev–Trinajstić information content (AvgIpc) is 2.60. The number of halogens is 1. The van der Waals surface area contributed by atoms with E-state index in [2.05, 4.69) is 15.6 Å². The second kappa shape index (κ2) is 11.8. The van der Waals surface area contributed by atoms with Gasteiger partial charge in [0.1, 0.15) is 5.75 Å². The molecular formula is C17H28IN3O2S. The third-order valence-electron chi connectivity index (χ3n) is 3.75. The summed E-state index contributed by atoms with van der Waals surface area (Å²) in [6.45, 7) is 3.18. The van der Waals surface area contributed by atoms with Gasteiger partial charge < -0.3 is 20.5 Å². The van der Waals surface area contributed by atoms with Crippen LogP contribution in [0.2, 0.25) is 0 Å². The van der Waals surface area contributed by atoms with Crippen molar-refractivity contribution in [1.82, 2.24) is 10.6 Å². The molecule has 3 N–H and O–H groups in total. The lowest BCUT2D eigenvalue weighted by atomic mass is 10.1. The molecule has 7 heteroatoms. The molecule has 0 radical (unpaired) electrons. The molecule has 1 fully saturated rings. The van der Waals surface area contributed by atoms with Gasteiger partial charge in [0.25, 0.3) is 0 Å². The number of rotatable bonds is 6. The Morgan fingerprint density at radius 3 is 3.00 bits per heavy atom. The van der Waals surface area contributed by atoms with Crippen LogP contribution in [0.4, 0.5) is 0 Å². The molecule has 0 bridgehead atoms. The molecule has 1 aliphatic heterocycles. The predicted molar refractivity (Wildman–Crippen MR) is 113 cm³/mol. The maximum absolute atomic E-state index is 10.3. The van der Waals surface area contributed by atoms with E-state index in [1.54, 1.807) is 7.11 Å². The fourth-order valence-electron chi connectivity index (χ4n) is 2.50. The monoisotopic (exact) mass is 465 g/mol. The minimum absolute atomic E-state index is 0. The third kappa shape index (κ3) is 7.06. The molecule has 0 aliphatic carbocycles. The lowest BCUT2D eigenvalue weighted by molar-refractivity contribution is 0.186. The molecule has 136 valence electrons. The minimum Gasteiger partial charge on any atom is -0.497 e. The highest BCUT2D eigenvalue weighted by atomic mass is 127. The molecule has 0 amide bonds. The van der Waals surface area contributed by atoms with E-state index in [1.807, 2.05) is 43.0 Å². The Hall–Kier alpha value is -0.670. The number of methoxy groups -OCH3 is 1. The Kier molecular flexibility index (Phi) is 10.5. The van der Waals surface area contributed by atoms with Gasteiger partial charge in [0.15, 0.2) is 5.96 Å². The third-order valence-corrected chi connectivity index (χ3v) is 4.96. The maximum Gasteiger partial charge on any atom is 0.191 e. The average molecular weight is 465 g/mol. The smallest absolute Gasteiger partial charge is 0.191 e. The lowest BCUT2D eigenvalue weighted by Gasteiger charge is -2.24. The summed E-state index contributed by atoms with van der Waals surface area (Å²) < 4.78 is 5.20. The molecule has 2 atom stereocenters. The molecule has 1 aromatic carbocycles. The quantitative estimate of drug-likeness (QED) is 0.343. The highest BCUT2D eigenvalue weighted by Crippen LogP contribution is 2.19. The van der Waals surface area contributed by atoms with Crippen LogP contribution >= 0.6 is 35.7 Å². The van der Waals surface area contributed by atoms with Crippen molar-refractivity contribution < 1.29 is 9.84 Å². The van der Waals surface area contributed by atoms with Crippen molar-refractivity contribution in [2.45, 2.75) is 31.9 Å². The molecule has 1 heterocycles. The molecule has 1 aliphatic rings. The van der Waals surface area contributed by atoms with Crippen molar-refractivity contribution in [1.29, 1.82) is 0 Å². The molecular weight excluding hydrogens is 437 g/mol. The van der Waals surface area contributed by atoms with Crippen LogP contribution in [0.25, 0.3) is 0 Å². The van der Waals surface area contributed by atoms with Crippen molar-refractivity contribution in [2.24, 2.45) is 4.99 Å². The molecule has 2 unspecified atom stereocenters. The van der Waals surface area contributed by atoms with Crippen LogP contribution in [0.3, 0.4) is 0 Å². The van der Waals surface area contributed by atoms with Crippen LogP contribution in [-0.2, 0) is 0 Å². The van der Waals surface area contributed by atoms with Crippen molar-refractivity contribution in [3.05, 3.63) is 29.8 Å². The zero-order valence-corrected chi connectivity index (χ0v) is 17.5. The number of thioether (sulfide) groups is 1. The van der Waals surface area contributed by atoms with E-state index in [0.29, 0.717) is 12.6 Å². The van der Waals surface area contributed by atoms with Gasteiger partial charge in [-0.1, -0.05) is 12.1 Å². The van der Waals surface area contributed by atoms with E-state index in [4.69, 9.17) is 4.74 Å². The molecule has 1 aromatic rings. The Labute approximate surface area is 166 Å². The van der Waals surface area contributed by atoms with E-state index in [1.165, 1.54) is 18.6 Å². The fraction of sp³-hybridized carbons (Fsp3) is 0.588. The van der Waals surface area contributed by atoms with Crippen molar-refractivity contribution in [2.75, 3.05) is 31.7 Å². The molecule has 0 spiro atoms. The topological polar surface area (TPSA) is 65.9 Å². The van der Waals surface area contributed by atoms with Gasteiger partial charge in [0.05, 0.1) is 19.8 Å². The Morgan fingerprint density at radius 2 is 2.33 bits per heavy atom. The molecule has 2 rings (SSSR count). The highest BCUT2D eigenvalue weighted by molar-refractivity contribution is 14.0. The Balaban J connectivity index is 0.00000288. The van der Waals surface area contributed by atoms with Gasteiger partial charge in [0, 0.05) is 18.3 Å². The van der Waals surface area contributed by atoms with Gasteiger partial charge in [-0.15, -0.1) is 24.0 Å². The molecule has 24 heavy (non-hydrogen) atoms. The molecule has 1 saturated heterocycles. The van der Waals surface area contributed by atoms with Crippen LogP contribution in [0, 0.1) is 0 Å². The second-order valence-corrected chi connectivity index (χ2v) is 6.72. The lowest BCUT2D eigenvalue weighted by Crippen LogP contribution is -2.45. The number of nitrogens with zero attached hydrogens (tertiary/aromatic N) is 1. The number of aliphatic hydroxyl groups is 1. The van der Waals surface area contributed by atoms with E-state index >= 15 is 0 Å². The molecule has 0 aromatic heterocycles. The highest BCUT2D eigenvalue weighted by Gasteiger charge is 2.15. The minimum atomic E-state index is -0.638. The Morgan fingerprint density at radius 1 is 1.50 bits per heavy atom. The number of benzene rings is 1. The summed E-state index contributed by atoms with van der Waals surface area (Å²) in [5.74, 6) is 3.89. The maximum atomic E-state index is 10.3. The predicted octanol–water partition coefficient (Wildman–Crippen LogP) is 2.80. The SMILES string of the molecule is CCNC(=NCC(O)c1cccc(OC)c1)NC1CCCSC1.I. The van der Waals surface area contributed by atoms with Crippen molar-refractivity contribution in [3.63, 3.8) is 0 Å². The largest absolute Gasteiger partial charge is 0.497 e. The zero-order valence-electron chi connectivity index (χ0n) is 14.3. The Bertz CT molecular complexity index is 510. The van der Waals surface area contributed by atoms with E-state index in [9.17, 15) is 5.11 Å². The van der Waals surface area contributed by atoms with Gasteiger partial charge in [-0.3, -0.25) is 4.99 Å². The number of aliphatic hydroxyl groups excluding tert-OH is 1. The fourth-order valence-corrected chi connectivity index (χ4v) is 3.57. The number of guanidine groups is 1.